The molecule has 1 saturated heterocycles. The molecule has 0 bridgehead atoms. The number of amides is 4. The van der Waals surface area contributed by atoms with Gasteiger partial charge in [-0.2, -0.15) is 5.12 Å². The summed E-state index contributed by atoms with van der Waals surface area (Å²) in [6.45, 7) is 0. The fourth-order valence-electron chi connectivity index (χ4n) is 1.02. The maximum Gasteiger partial charge on any atom is 0.259 e. The van der Waals surface area contributed by atoms with Crippen LogP contribution in [0.2, 0.25) is 0 Å². The maximum atomic E-state index is 11.3. The average Bonchev–Trinajstić information content (AvgIpc) is 2.36. The van der Waals surface area contributed by atoms with Gasteiger partial charge in [-0.3, -0.25) is 30.0 Å². The Morgan fingerprint density at radius 1 is 1.22 bits per heavy atom. The summed E-state index contributed by atoms with van der Waals surface area (Å²) in [6.07, 6.45) is 1.93. The fraction of sp³-hybridized carbons (Fsp3) is 0.250. The number of hydrazine groups is 4. The Kier molecular flexibility index (Phi) is 4.78. The first-order chi connectivity index (χ1) is 8.52. The van der Waals surface area contributed by atoms with E-state index in [2.05, 4.69) is 16.4 Å². The maximum absolute atomic E-state index is 11.3. The first-order valence-electron chi connectivity index (χ1n) is 4.89. The van der Waals surface area contributed by atoms with Crippen LogP contribution in [0.25, 0.3) is 0 Å². The molecule has 0 saturated carbocycles. The Bertz CT molecular complexity index is 406. The van der Waals surface area contributed by atoms with E-state index in [1.54, 1.807) is 5.43 Å². The number of rotatable bonds is 4. The van der Waals surface area contributed by atoms with Crippen LogP contribution in [-0.4, -0.2) is 28.7 Å². The summed E-state index contributed by atoms with van der Waals surface area (Å²) in [6, 6.07) is 0. The summed E-state index contributed by atoms with van der Waals surface area (Å²) in [4.78, 5) is 44.1. The third kappa shape index (κ3) is 4.19. The Labute approximate surface area is 101 Å². The van der Waals surface area contributed by atoms with Gasteiger partial charge in [-0.15, -0.1) is 5.53 Å². The Morgan fingerprint density at radius 3 is 2.56 bits per heavy atom. The van der Waals surface area contributed by atoms with Crippen LogP contribution in [0.3, 0.4) is 0 Å². The number of nitrogens with one attached hydrogen (secondary N) is 4. The second kappa shape index (κ2) is 6.32. The van der Waals surface area contributed by atoms with E-state index in [-0.39, 0.29) is 18.7 Å². The van der Waals surface area contributed by atoms with Gasteiger partial charge >= 0.3 is 0 Å². The molecular weight excluding hydrogens is 244 g/mol. The van der Waals surface area contributed by atoms with Crippen molar-refractivity contribution in [3.8, 4) is 0 Å². The predicted octanol–water partition coefficient (Wildman–Crippen LogP) is -3.28. The molecule has 6 N–H and O–H groups in total. The zero-order valence-corrected chi connectivity index (χ0v) is 9.23. The van der Waals surface area contributed by atoms with E-state index in [0.29, 0.717) is 0 Å². The van der Waals surface area contributed by atoms with E-state index in [0.717, 1.165) is 17.3 Å². The molecule has 0 aromatic carbocycles. The second-order valence-corrected chi connectivity index (χ2v) is 3.21. The third-order valence-electron chi connectivity index (χ3n) is 1.87. The highest BCUT2D eigenvalue weighted by molar-refractivity contribution is 5.96. The quantitative estimate of drug-likeness (QED) is 0.154. The van der Waals surface area contributed by atoms with Gasteiger partial charge in [-0.05, 0) is 0 Å². The minimum absolute atomic E-state index is 0.0418. The van der Waals surface area contributed by atoms with Crippen LogP contribution in [0, 0.1) is 0 Å². The number of carbonyl (C=O) groups is 4. The van der Waals surface area contributed by atoms with Gasteiger partial charge in [0.1, 0.15) is 0 Å². The van der Waals surface area contributed by atoms with Gasteiger partial charge in [0.2, 0.25) is 5.91 Å². The van der Waals surface area contributed by atoms with E-state index < -0.39 is 17.7 Å². The van der Waals surface area contributed by atoms with Gasteiger partial charge in [-0.25, -0.2) is 11.3 Å². The molecule has 98 valence electrons. The predicted molar refractivity (Wildman–Crippen MR) is 57.0 cm³/mol. The van der Waals surface area contributed by atoms with Crippen molar-refractivity contribution >= 4 is 23.6 Å². The standard InChI is InChI=1S/C8H12N6O4/c9-10-5(15)1-2-6(16)11-13-14-8(18)4-3-7(17)12-14/h1-2,13H,3-4,9H2,(H,10,15)(H,11,16)(H,12,17)/b2-1-. The van der Waals surface area contributed by atoms with Crippen LogP contribution < -0.4 is 27.7 Å². The summed E-state index contributed by atoms with van der Waals surface area (Å²) in [5, 5.41) is 0.751. The molecular formula is C8H12N6O4. The lowest BCUT2D eigenvalue weighted by atomic mass is 10.2. The normalized spacial score (nSPS) is 15.5. The van der Waals surface area contributed by atoms with Crippen molar-refractivity contribution in [1.82, 2.24) is 26.9 Å². The Morgan fingerprint density at radius 2 is 1.89 bits per heavy atom. The lowest BCUT2D eigenvalue weighted by Crippen LogP contribution is -2.61. The molecule has 0 unspecified atom stereocenters. The van der Waals surface area contributed by atoms with Crippen LogP contribution in [-0.2, 0) is 19.2 Å². The lowest BCUT2D eigenvalue weighted by molar-refractivity contribution is -0.153. The summed E-state index contributed by atoms with van der Waals surface area (Å²) in [7, 11) is 0. The minimum atomic E-state index is -0.703. The van der Waals surface area contributed by atoms with Crippen LogP contribution in [0.4, 0.5) is 0 Å². The smallest absolute Gasteiger partial charge is 0.259 e. The third-order valence-corrected chi connectivity index (χ3v) is 1.87. The first-order valence-corrected chi connectivity index (χ1v) is 4.89. The highest BCUT2D eigenvalue weighted by Gasteiger charge is 2.22. The molecule has 10 heteroatoms. The van der Waals surface area contributed by atoms with E-state index in [1.807, 2.05) is 0 Å². The van der Waals surface area contributed by atoms with Crippen LogP contribution >= 0.6 is 0 Å². The summed E-state index contributed by atoms with van der Waals surface area (Å²) in [5.41, 5.74) is 8.24. The molecule has 18 heavy (non-hydrogen) atoms. The number of nitrogens with zero attached hydrogens (tertiary/aromatic N) is 1. The second-order valence-electron chi connectivity index (χ2n) is 3.21. The van der Waals surface area contributed by atoms with Crippen molar-refractivity contribution in [1.29, 1.82) is 0 Å². The van der Waals surface area contributed by atoms with E-state index in [4.69, 9.17) is 5.84 Å². The summed E-state index contributed by atoms with van der Waals surface area (Å²) < 4.78 is 0. The van der Waals surface area contributed by atoms with Crippen molar-refractivity contribution < 1.29 is 19.2 Å². The topological polar surface area (TPSA) is 146 Å². The molecule has 0 aromatic rings. The number of carbonyl (C=O) groups excluding carboxylic acids is 4. The van der Waals surface area contributed by atoms with Gasteiger partial charge in [0.25, 0.3) is 17.7 Å². The molecule has 1 heterocycles. The highest BCUT2D eigenvalue weighted by atomic mass is 16.2. The molecule has 1 aliphatic rings. The summed E-state index contributed by atoms with van der Waals surface area (Å²) in [5.74, 6) is 2.67. The molecule has 10 nitrogen and oxygen atoms in total. The van der Waals surface area contributed by atoms with Crippen molar-refractivity contribution in [3.05, 3.63) is 12.2 Å². The molecule has 0 atom stereocenters. The lowest BCUT2D eigenvalue weighted by Gasteiger charge is -2.26. The first kappa shape index (κ1) is 13.6. The molecule has 1 rings (SSSR count). The average molecular weight is 256 g/mol. The number of hydrogen-bond acceptors (Lipinski definition) is 6. The van der Waals surface area contributed by atoms with E-state index in [9.17, 15) is 19.2 Å². The largest absolute Gasteiger partial charge is 0.291 e. The van der Waals surface area contributed by atoms with Crippen LogP contribution in [0.5, 0.6) is 0 Å². The molecule has 4 amide bonds. The molecule has 0 aliphatic carbocycles. The van der Waals surface area contributed by atoms with Crippen LogP contribution in [0.15, 0.2) is 12.2 Å². The zero-order chi connectivity index (χ0) is 13.5. The number of hydrogen-bond donors (Lipinski definition) is 5. The summed E-state index contributed by atoms with van der Waals surface area (Å²) >= 11 is 0. The van der Waals surface area contributed by atoms with Gasteiger partial charge in [0.15, 0.2) is 0 Å². The highest BCUT2D eigenvalue weighted by Crippen LogP contribution is 1.99. The van der Waals surface area contributed by atoms with Crippen LogP contribution in [0.1, 0.15) is 12.8 Å². The monoisotopic (exact) mass is 256 g/mol. The SMILES string of the molecule is NNC(=O)/C=C\C(=O)NNN1NC(=O)CCC1=O. The zero-order valence-electron chi connectivity index (χ0n) is 9.23. The fourth-order valence-corrected chi connectivity index (χ4v) is 1.02. The van der Waals surface area contributed by atoms with Gasteiger partial charge < -0.3 is 0 Å². The van der Waals surface area contributed by atoms with Crippen molar-refractivity contribution in [3.63, 3.8) is 0 Å². The molecule has 0 aromatic heterocycles. The van der Waals surface area contributed by atoms with Crippen molar-refractivity contribution in [2.45, 2.75) is 12.8 Å². The van der Waals surface area contributed by atoms with Gasteiger partial charge in [0.05, 0.1) is 0 Å². The molecule has 0 radical (unpaired) electrons. The molecule has 1 fully saturated rings. The Hall–Kier alpha value is -2.46. The van der Waals surface area contributed by atoms with E-state index in [1.165, 1.54) is 0 Å². The van der Waals surface area contributed by atoms with Gasteiger partial charge in [-0.1, -0.05) is 0 Å². The Balaban J connectivity index is 2.37. The minimum Gasteiger partial charge on any atom is -0.291 e. The number of nitrogens with two attached hydrogens (primary N) is 1. The molecule has 0 spiro atoms. The van der Waals surface area contributed by atoms with E-state index >= 15 is 0 Å². The van der Waals surface area contributed by atoms with Gasteiger partial charge in [0, 0.05) is 25.0 Å². The molecule has 1 aliphatic heterocycles. The van der Waals surface area contributed by atoms with Crippen molar-refractivity contribution in [2.75, 3.05) is 0 Å². The van der Waals surface area contributed by atoms with Crippen molar-refractivity contribution in [2.24, 2.45) is 5.84 Å².